The minimum absolute atomic E-state index is 0.0769. The molecule has 0 spiro atoms. The average Bonchev–Trinajstić information content (AvgIpc) is 3.36. The van der Waals surface area contributed by atoms with E-state index in [0.29, 0.717) is 35.5 Å². The summed E-state index contributed by atoms with van der Waals surface area (Å²) in [7, 11) is 0. The summed E-state index contributed by atoms with van der Waals surface area (Å²) in [5.74, 6) is -0.0498. The number of fused-ring (bicyclic) bond motifs is 1. The second-order valence-electron chi connectivity index (χ2n) is 8.23. The van der Waals surface area contributed by atoms with E-state index in [1.54, 1.807) is 4.90 Å². The fourth-order valence-electron chi connectivity index (χ4n) is 4.46. The molecule has 0 bridgehead atoms. The van der Waals surface area contributed by atoms with Gasteiger partial charge in [-0.1, -0.05) is 67.3 Å². The molecule has 2 aliphatic heterocycles. The zero-order valence-corrected chi connectivity index (χ0v) is 20.5. The number of hydrogen-bond donors (Lipinski definition) is 0. The first-order chi connectivity index (χ1) is 16.6. The number of benzene rings is 2. The van der Waals surface area contributed by atoms with Crippen molar-refractivity contribution in [3.05, 3.63) is 70.8 Å². The molecular formula is C26H25N3O3S2. The Hall–Kier alpha value is -2.94. The smallest absolute Gasteiger partial charge is 0.270 e. The maximum Gasteiger partial charge on any atom is 0.270 e. The number of ether oxygens (including phenoxy) is 1. The molecular weight excluding hydrogens is 466 g/mol. The summed E-state index contributed by atoms with van der Waals surface area (Å²) in [4.78, 5) is 30.3. The van der Waals surface area contributed by atoms with Gasteiger partial charge in [0.2, 0.25) is 5.91 Å². The van der Waals surface area contributed by atoms with Gasteiger partial charge in [-0.15, -0.1) is 0 Å². The quantitative estimate of drug-likeness (QED) is 0.389. The molecule has 3 heterocycles. The summed E-state index contributed by atoms with van der Waals surface area (Å²) >= 11 is 6.83. The number of para-hydroxylation sites is 2. The Morgan fingerprint density at radius 2 is 1.88 bits per heavy atom. The number of hydrogen-bond acceptors (Lipinski definition) is 5. The van der Waals surface area contributed by atoms with Gasteiger partial charge in [0, 0.05) is 30.2 Å². The van der Waals surface area contributed by atoms with E-state index in [1.165, 1.54) is 17.3 Å². The maximum absolute atomic E-state index is 13.2. The summed E-state index contributed by atoms with van der Waals surface area (Å²) in [6, 6.07) is 15.6. The minimum atomic E-state index is -0.127. The van der Waals surface area contributed by atoms with Gasteiger partial charge in [-0.3, -0.25) is 14.5 Å². The molecule has 8 heteroatoms. The van der Waals surface area contributed by atoms with Crippen molar-refractivity contribution in [1.29, 1.82) is 0 Å². The van der Waals surface area contributed by atoms with Crippen LogP contribution in [0.25, 0.3) is 17.0 Å². The van der Waals surface area contributed by atoms with Crippen LogP contribution < -0.4 is 4.90 Å². The van der Waals surface area contributed by atoms with Crippen LogP contribution >= 0.6 is 24.0 Å². The van der Waals surface area contributed by atoms with Crippen molar-refractivity contribution in [1.82, 2.24) is 9.47 Å². The second-order valence-corrected chi connectivity index (χ2v) is 9.90. The number of carbonyl (C=O) groups is 2. The molecule has 174 valence electrons. The molecule has 0 N–H and O–H groups in total. The molecule has 1 aromatic heterocycles. The third kappa shape index (κ3) is 4.29. The van der Waals surface area contributed by atoms with E-state index in [4.69, 9.17) is 17.0 Å². The van der Waals surface area contributed by atoms with Crippen molar-refractivity contribution >= 4 is 62.8 Å². The largest absolute Gasteiger partial charge is 0.378 e. The predicted octanol–water partition coefficient (Wildman–Crippen LogP) is 4.47. The average molecular weight is 492 g/mol. The molecule has 34 heavy (non-hydrogen) atoms. The lowest BCUT2D eigenvalue weighted by Gasteiger charge is -2.27. The highest BCUT2D eigenvalue weighted by molar-refractivity contribution is 8.27. The number of aryl methyl sites for hydroxylation is 1. The molecule has 0 radical (unpaired) electrons. The fourth-order valence-corrected chi connectivity index (χ4v) is 5.75. The van der Waals surface area contributed by atoms with E-state index >= 15 is 0 Å². The predicted molar refractivity (Wildman–Crippen MR) is 141 cm³/mol. The van der Waals surface area contributed by atoms with Crippen molar-refractivity contribution in [3.8, 4) is 0 Å². The van der Waals surface area contributed by atoms with E-state index in [-0.39, 0.29) is 18.4 Å². The molecule has 2 saturated heterocycles. The number of aromatic nitrogens is 1. The Morgan fingerprint density at radius 1 is 1.12 bits per heavy atom. The number of morpholine rings is 1. The SMILES string of the molecule is CCc1cccc2c(/C=C3\SC(=S)N(c4ccccc4)C3=O)cn(CC(=O)N3CCOCC3)c12. The van der Waals surface area contributed by atoms with Gasteiger partial charge in [0.1, 0.15) is 6.54 Å². The molecule has 0 saturated carbocycles. The lowest BCUT2D eigenvalue weighted by atomic mass is 10.1. The molecule has 6 nitrogen and oxygen atoms in total. The second kappa shape index (κ2) is 9.74. The van der Waals surface area contributed by atoms with Crippen LogP contribution in [-0.4, -0.2) is 51.9 Å². The summed E-state index contributed by atoms with van der Waals surface area (Å²) in [5, 5.41) is 1.03. The van der Waals surface area contributed by atoms with Gasteiger partial charge in [0.25, 0.3) is 5.91 Å². The van der Waals surface area contributed by atoms with Crippen LogP contribution in [-0.2, 0) is 27.3 Å². The van der Waals surface area contributed by atoms with Crippen molar-refractivity contribution in [2.75, 3.05) is 31.2 Å². The number of nitrogens with zero attached hydrogens (tertiary/aromatic N) is 3. The van der Waals surface area contributed by atoms with Crippen LogP contribution in [0.5, 0.6) is 0 Å². The number of carbonyl (C=O) groups excluding carboxylic acids is 2. The maximum atomic E-state index is 13.2. The number of thiocarbonyl (C=S) groups is 1. The van der Waals surface area contributed by atoms with E-state index < -0.39 is 0 Å². The first-order valence-electron chi connectivity index (χ1n) is 11.4. The molecule has 2 aliphatic rings. The van der Waals surface area contributed by atoms with Gasteiger partial charge < -0.3 is 14.2 Å². The van der Waals surface area contributed by atoms with E-state index in [0.717, 1.165) is 28.6 Å². The van der Waals surface area contributed by atoms with Crippen LogP contribution in [0.2, 0.25) is 0 Å². The van der Waals surface area contributed by atoms with E-state index in [9.17, 15) is 9.59 Å². The zero-order chi connectivity index (χ0) is 23.7. The van der Waals surface area contributed by atoms with Gasteiger partial charge in [-0.05, 0) is 30.2 Å². The zero-order valence-electron chi connectivity index (χ0n) is 18.9. The van der Waals surface area contributed by atoms with Gasteiger partial charge >= 0.3 is 0 Å². The highest BCUT2D eigenvalue weighted by atomic mass is 32.2. The Labute approximate surface area is 208 Å². The van der Waals surface area contributed by atoms with Crippen LogP contribution in [0.3, 0.4) is 0 Å². The Morgan fingerprint density at radius 3 is 2.62 bits per heavy atom. The fraction of sp³-hybridized carbons (Fsp3) is 0.269. The Bertz CT molecular complexity index is 1290. The molecule has 0 unspecified atom stereocenters. The summed E-state index contributed by atoms with van der Waals surface area (Å²) in [6.45, 7) is 4.76. The number of thioether (sulfide) groups is 1. The van der Waals surface area contributed by atoms with Crippen LogP contribution in [0.1, 0.15) is 18.1 Å². The van der Waals surface area contributed by atoms with E-state index in [2.05, 4.69) is 13.0 Å². The van der Waals surface area contributed by atoms with Crippen molar-refractivity contribution < 1.29 is 14.3 Å². The van der Waals surface area contributed by atoms with Crippen molar-refractivity contribution in [3.63, 3.8) is 0 Å². The first kappa shape index (κ1) is 22.8. The summed E-state index contributed by atoms with van der Waals surface area (Å²) in [5.41, 5.74) is 3.88. The lowest BCUT2D eigenvalue weighted by Crippen LogP contribution is -2.42. The molecule has 2 fully saturated rings. The van der Waals surface area contributed by atoms with Crippen LogP contribution in [0.4, 0.5) is 5.69 Å². The third-order valence-corrected chi connectivity index (χ3v) is 7.46. The number of rotatable bonds is 5. The Balaban J connectivity index is 1.51. The first-order valence-corrected chi connectivity index (χ1v) is 12.6. The van der Waals surface area contributed by atoms with Gasteiger partial charge in [0.15, 0.2) is 4.32 Å². The topological polar surface area (TPSA) is 54.8 Å². The third-order valence-electron chi connectivity index (χ3n) is 6.16. The van der Waals surface area contributed by atoms with Crippen molar-refractivity contribution in [2.45, 2.75) is 19.9 Å². The van der Waals surface area contributed by atoms with Gasteiger partial charge in [0.05, 0.1) is 29.3 Å². The lowest BCUT2D eigenvalue weighted by molar-refractivity contribution is -0.135. The molecule has 2 amide bonds. The normalized spacial score (nSPS) is 17.9. The Kier molecular flexibility index (Phi) is 6.54. The number of anilines is 1. The molecule has 2 aromatic carbocycles. The number of amides is 2. The van der Waals surface area contributed by atoms with Crippen LogP contribution in [0.15, 0.2) is 59.6 Å². The molecule has 5 rings (SSSR count). The van der Waals surface area contributed by atoms with E-state index in [1.807, 2.05) is 64.2 Å². The monoisotopic (exact) mass is 491 g/mol. The van der Waals surface area contributed by atoms with Crippen molar-refractivity contribution in [2.24, 2.45) is 0 Å². The molecule has 0 aliphatic carbocycles. The minimum Gasteiger partial charge on any atom is -0.378 e. The van der Waals surface area contributed by atoms with Gasteiger partial charge in [-0.25, -0.2) is 0 Å². The van der Waals surface area contributed by atoms with Gasteiger partial charge in [-0.2, -0.15) is 0 Å². The standard InChI is InChI=1S/C26H25N3O3S2/c1-2-18-7-6-10-21-19(16-28(24(18)21)17-23(30)27-11-13-32-14-12-27)15-22-25(31)29(26(33)34-22)20-8-4-3-5-9-20/h3-10,15-16H,2,11-14,17H2,1H3/b22-15-. The van der Waals surface area contributed by atoms with Crippen LogP contribution in [0, 0.1) is 0 Å². The molecule has 0 atom stereocenters. The molecule has 3 aromatic rings. The highest BCUT2D eigenvalue weighted by Crippen LogP contribution is 2.37. The summed E-state index contributed by atoms with van der Waals surface area (Å²) < 4.78 is 7.93. The summed E-state index contributed by atoms with van der Waals surface area (Å²) in [6.07, 6.45) is 4.74. The highest BCUT2D eigenvalue weighted by Gasteiger charge is 2.33.